The van der Waals surface area contributed by atoms with Crippen LogP contribution in [0.3, 0.4) is 0 Å². The van der Waals surface area contributed by atoms with Crippen LogP contribution in [0.15, 0.2) is 16.8 Å². The van der Waals surface area contributed by atoms with Gasteiger partial charge in [0.1, 0.15) is 0 Å². The highest BCUT2D eigenvalue weighted by molar-refractivity contribution is 7.14. The van der Waals surface area contributed by atoms with Gasteiger partial charge >= 0.3 is 5.97 Å². The van der Waals surface area contributed by atoms with Crippen molar-refractivity contribution < 1.29 is 14.6 Å². The number of ether oxygens (including phenoxy) is 1. The minimum absolute atomic E-state index is 0.316. The molecule has 0 bridgehead atoms. The van der Waals surface area contributed by atoms with Crippen molar-refractivity contribution in [3.8, 4) is 10.6 Å². The fourth-order valence-corrected chi connectivity index (χ4v) is 3.01. The zero-order valence-corrected chi connectivity index (χ0v) is 10.8. The molecule has 0 aromatic carbocycles. The Hall–Kier alpha value is -1.24. The highest BCUT2D eigenvalue weighted by Crippen LogP contribution is 2.28. The first-order valence-corrected chi connectivity index (χ1v) is 6.72. The summed E-state index contributed by atoms with van der Waals surface area (Å²) < 4.78 is 4.99. The average Bonchev–Trinajstić information content (AvgIpc) is 2.94. The predicted octanol–water partition coefficient (Wildman–Crippen LogP) is 2.76. The normalized spacial score (nSPS) is 10.6. The van der Waals surface area contributed by atoms with Crippen LogP contribution in [0.25, 0.3) is 10.6 Å². The molecule has 0 unspecified atom stereocenters. The Bertz CT molecular complexity index is 518. The summed E-state index contributed by atoms with van der Waals surface area (Å²) in [6.07, 6.45) is 0.790. The van der Waals surface area contributed by atoms with Crippen LogP contribution in [0.4, 0.5) is 0 Å². The fourth-order valence-electron chi connectivity index (χ4n) is 1.31. The van der Waals surface area contributed by atoms with Gasteiger partial charge in [-0.1, -0.05) is 0 Å². The van der Waals surface area contributed by atoms with Crippen molar-refractivity contribution >= 4 is 28.6 Å². The highest BCUT2D eigenvalue weighted by atomic mass is 32.1. The van der Waals surface area contributed by atoms with Crippen molar-refractivity contribution in [1.29, 1.82) is 0 Å². The molecule has 1 N–H and O–H groups in total. The smallest absolute Gasteiger partial charge is 0.336 e. The minimum Gasteiger partial charge on any atom is -0.478 e. The number of methoxy groups -OCH3 is 1. The maximum absolute atomic E-state index is 10.8. The number of aromatic nitrogens is 1. The van der Waals surface area contributed by atoms with Crippen molar-refractivity contribution in [2.45, 2.75) is 6.42 Å². The van der Waals surface area contributed by atoms with Crippen LogP contribution in [-0.4, -0.2) is 29.8 Å². The Balaban J connectivity index is 2.15. The van der Waals surface area contributed by atoms with Crippen LogP contribution in [0.1, 0.15) is 15.4 Å². The summed E-state index contributed by atoms with van der Waals surface area (Å²) in [5, 5.41) is 13.4. The summed E-state index contributed by atoms with van der Waals surface area (Å²) in [5.74, 6) is -0.901. The molecule has 2 aromatic heterocycles. The lowest BCUT2D eigenvalue weighted by atomic mass is 10.3. The second kappa shape index (κ2) is 5.39. The zero-order chi connectivity index (χ0) is 12.3. The first-order valence-electron chi connectivity index (χ1n) is 4.96. The van der Waals surface area contributed by atoms with Crippen LogP contribution in [0.2, 0.25) is 0 Å². The molecule has 0 amide bonds. The van der Waals surface area contributed by atoms with E-state index in [4.69, 9.17) is 9.84 Å². The van der Waals surface area contributed by atoms with E-state index in [2.05, 4.69) is 4.98 Å². The fraction of sp³-hybridized carbons (Fsp3) is 0.273. The molecule has 90 valence electrons. The Kier molecular flexibility index (Phi) is 3.88. The SMILES string of the molecule is COCCc1nc(-c2cc(C(=O)O)cs2)cs1. The Morgan fingerprint density at radius 3 is 2.94 bits per heavy atom. The molecule has 0 saturated carbocycles. The van der Waals surface area contributed by atoms with Crippen LogP contribution >= 0.6 is 22.7 Å². The van der Waals surface area contributed by atoms with Gasteiger partial charge in [-0.15, -0.1) is 22.7 Å². The quantitative estimate of drug-likeness (QED) is 0.906. The number of aromatic carboxylic acids is 1. The zero-order valence-electron chi connectivity index (χ0n) is 9.17. The van der Waals surface area contributed by atoms with Crippen molar-refractivity contribution in [1.82, 2.24) is 4.98 Å². The van der Waals surface area contributed by atoms with Crippen molar-refractivity contribution in [3.05, 3.63) is 27.4 Å². The molecule has 0 fully saturated rings. The van der Waals surface area contributed by atoms with E-state index in [9.17, 15) is 4.79 Å². The number of rotatable bonds is 5. The standard InChI is InChI=1S/C11H11NO3S2/c1-15-3-2-10-12-8(6-17-10)9-4-7(5-16-9)11(13)14/h4-6H,2-3H2,1H3,(H,13,14). The van der Waals surface area contributed by atoms with Gasteiger partial charge in [0.05, 0.1) is 27.7 Å². The van der Waals surface area contributed by atoms with Crippen molar-refractivity contribution in [2.75, 3.05) is 13.7 Å². The molecule has 6 heteroatoms. The van der Waals surface area contributed by atoms with Crippen LogP contribution < -0.4 is 0 Å². The van der Waals surface area contributed by atoms with E-state index in [-0.39, 0.29) is 0 Å². The number of hydrogen-bond acceptors (Lipinski definition) is 5. The lowest BCUT2D eigenvalue weighted by molar-refractivity contribution is 0.0697. The maximum Gasteiger partial charge on any atom is 0.336 e. The lowest BCUT2D eigenvalue weighted by Crippen LogP contribution is -1.93. The van der Waals surface area contributed by atoms with E-state index in [0.717, 1.165) is 22.0 Å². The summed E-state index contributed by atoms with van der Waals surface area (Å²) in [4.78, 5) is 16.1. The lowest BCUT2D eigenvalue weighted by Gasteiger charge is -1.93. The van der Waals surface area contributed by atoms with E-state index >= 15 is 0 Å². The Morgan fingerprint density at radius 2 is 2.29 bits per heavy atom. The Morgan fingerprint density at radius 1 is 1.47 bits per heavy atom. The second-order valence-corrected chi connectivity index (χ2v) is 5.23. The summed E-state index contributed by atoms with van der Waals surface area (Å²) in [6, 6.07) is 1.65. The van der Waals surface area contributed by atoms with Gasteiger partial charge in [0.15, 0.2) is 0 Å². The second-order valence-electron chi connectivity index (χ2n) is 3.37. The molecule has 0 saturated heterocycles. The third-order valence-corrected chi connectivity index (χ3v) is 4.03. The van der Waals surface area contributed by atoms with E-state index in [1.165, 1.54) is 11.3 Å². The first kappa shape index (κ1) is 12.2. The number of carboxylic acid groups (broad SMARTS) is 1. The van der Waals surface area contributed by atoms with E-state index in [0.29, 0.717) is 12.2 Å². The molecule has 0 aliphatic heterocycles. The predicted molar refractivity (Wildman–Crippen MR) is 68.0 cm³/mol. The molecule has 4 nitrogen and oxygen atoms in total. The van der Waals surface area contributed by atoms with Crippen molar-refractivity contribution in [3.63, 3.8) is 0 Å². The molecule has 0 spiro atoms. The number of hydrogen-bond donors (Lipinski definition) is 1. The highest BCUT2D eigenvalue weighted by Gasteiger charge is 2.10. The van der Waals surface area contributed by atoms with Gasteiger partial charge < -0.3 is 9.84 Å². The first-order chi connectivity index (χ1) is 8.20. The molecule has 0 aliphatic carbocycles. The number of carbonyl (C=O) groups is 1. The molecule has 2 rings (SSSR count). The Labute approximate surface area is 107 Å². The van der Waals surface area contributed by atoms with E-state index in [1.807, 2.05) is 5.38 Å². The van der Waals surface area contributed by atoms with Gasteiger partial charge in [-0.2, -0.15) is 0 Å². The molecule has 2 heterocycles. The molecule has 0 aliphatic rings. The van der Waals surface area contributed by atoms with Gasteiger partial charge in [0, 0.05) is 24.3 Å². The molecule has 17 heavy (non-hydrogen) atoms. The number of thiazole rings is 1. The number of thiophene rings is 1. The van der Waals surface area contributed by atoms with Gasteiger partial charge in [0.2, 0.25) is 0 Å². The average molecular weight is 269 g/mol. The number of carboxylic acids is 1. The third kappa shape index (κ3) is 2.91. The molecule has 0 radical (unpaired) electrons. The molecule has 0 atom stereocenters. The van der Waals surface area contributed by atoms with E-state index < -0.39 is 5.97 Å². The summed E-state index contributed by atoms with van der Waals surface area (Å²) in [5.41, 5.74) is 1.16. The summed E-state index contributed by atoms with van der Waals surface area (Å²) >= 11 is 2.97. The molecular formula is C11H11NO3S2. The molecule has 2 aromatic rings. The monoisotopic (exact) mass is 269 g/mol. The molecular weight excluding hydrogens is 258 g/mol. The van der Waals surface area contributed by atoms with Crippen molar-refractivity contribution in [2.24, 2.45) is 0 Å². The minimum atomic E-state index is -0.901. The topological polar surface area (TPSA) is 59.4 Å². The maximum atomic E-state index is 10.8. The summed E-state index contributed by atoms with van der Waals surface area (Å²) in [6.45, 7) is 0.651. The van der Waals surface area contributed by atoms with Gasteiger partial charge in [-0.25, -0.2) is 9.78 Å². The number of nitrogens with zero attached hydrogens (tertiary/aromatic N) is 1. The largest absolute Gasteiger partial charge is 0.478 e. The van der Waals surface area contributed by atoms with Crippen LogP contribution in [-0.2, 0) is 11.2 Å². The van der Waals surface area contributed by atoms with E-state index in [1.54, 1.807) is 29.9 Å². The van der Waals surface area contributed by atoms with Gasteiger partial charge in [0.25, 0.3) is 0 Å². The summed E-state index contributed by atoms with van der Waals surface area (Å²) in [7, 11) is 1.66. The van der Waals surface area contributed by atoms with Gasteiger partial charge in [-0.3, -0.25) is 0 Å². The third-order valence-electron chi connectivity index (χ3n) is 2.17. The van der Waals surface area contributed by atoms with Crippen LogP contribution in [0, 0.1) is 0 Å². The van der Waals surface area contributed by atoms with Gasteiger partial charge in [-0.05, 0) is 6.07 Å². The van der Waals surface area contributed by atoms with Crippen LogP contribution in [0.5, 0.6) is 0 Å².